The lowest BCUT2D eigenvalue weighted by molar-refractivity contribution is 0.0935. The molecule has 0 radical (unpaired) electrons. The maximum Gasteiger partial charge on any atom is 0.143 e. The largest absolute Gasteiger partial charge is 0.495 e. The molecule has 0 aliphatic heterocycles. The van der Waals surface area contributed by atoms with Crippen LogP contribution in [0.1, 0.15) is 18.2 Å². The number of aromatic nitrogens is 2. The quantitative estimate of drug-likeness (QED) is 0.872. The zero-order chi connectivity index (χ0) is 12.3. The van der Waals surface area contributed by atoms with Crippen LogP contribution in [0.4, 0.5) is 0 Å². The highest BCUT2D eigenvalue weighted by Crippen LogP contribution is 2.32. The Morgan fingerprint density at radius 2 is 2.00 bits per heavy atom. The first-order chi connectivity index (χ1) is 8.16. The Hall–Kier alpha value is -1.94. The van der Waals surface area contributed by atoms with Crippen LogP contribution < -0.4 is 4.74 Å². The molecule has 2 heterocycles. The van der Waals surface area contributed by atoms with Gasteiger partial charge in [0.05, 0.1) is 7.11 Å². The molecule has 0 spiro atoms. The van der Waals surface area contributed by atoms with Gasteiger partial charge in [-0.15, -0.1) is 0 Å². The highest BCUT2D eigenvalue weighted by atomic mass is 16.5. The predicted molar refractivity (Wildman–Crippen MR) is 63.7 cm³/mol. The maximum absolute atomic E-state index is 10.6. The Bertz CT molecular complexity index is 498. The van der Waals surface area contributed by atoms with E-state index < -0.39 is 5.60 Å². The van der Waals surface area contributed by atoms with Crippen LogP contribution in [0, 0.1) is 0 Å². The Morgan fingerprint density at radius 3 is 2.65 bits per heavy atom. The second-order valence-electron chi connectivity index (χ2n) is 3.87. The van der Waals surface area contributed by atoms with Crippen molar-refractivity contribution in [2.45, 2.75) is 12.5 Å². The van der Waals surface area contributed by atoms with E-state index in [2.05, 4.69) is 9.97 Å². The number of hydrogen-bond acceptors (Lipinski definition) is 4. The van der Waals surface area contributed by atoms with Gasteiger partial charge in [0.1, 0.15) is 17.0 Å². The molecule has 1 atom stereocenters. The molecule has 17 heavy (non-hydrogen) atoms. The standard InChI is InChI=1S/C13H14N2O2/c1-13(16,10-5-3-7-14-9-10)12-11(17-2)6-4-8-15-12/h3-9,16H,1-2H3. The van der Waals surface area contributed by atoms with Gasteiger partial charge in [-0.3, -0.25) is 9.97 Å². The molecule has 0 saturated carbocycles. The Kier molecular flexibility index (Phi) is 3.06. The highest BCUT2D eigenvalue weighted by Gasteiger charge is 2.30. The van der Waals surface area contributed by atoms with E-state index in [4.69, 9.17) is 4.74 Å². The average molecular weight is 230 g/mol. The Morgan fingerprint density at radius 1 is 1.24 bits per heavy atom. The zero-order valence-electron chi connectivity index (χ0n) is 9.79. The van der Waals surface area contributed by atoms with Gasteiger partial charge in [0.2, 0.25) is 0 Å². The molecule has 2 aromatic heterocycles. The number of aliphatic hydroxyl groups is 1. The van der Waals surface area contributed by atoms with E-state index in [1.165, 1.54) is 0 Å². The first-order valence-electron chi connectivity index (χ1n) is 5.28. The van der Waals surface area contributed by atoms with Crippen LogP contribution in [0.25, 0.3) is 0 Å². The van der Waals surface area contributed by atoms with E-state index in [9.17, 15) is 5.11 Å². The molecule has 0 fully saturated rings. The molecule has 0 aliphatic rings. The topological polar surface area (TPSA) is 55.2 Å². The van der Waals surface area contributed by atoms with Crippen LogP contribution >= 0.6 is 0 Å². The first-order valence-corrected chi connectivity index (χ1v) is 5.28. The van der Waals surface area contributed by atoms with Gasteiger partial charge in [0, 0.05) is 24.2 Å². The molecule has 0 aromatic carbocycles. The summed E-state index contributed by atoms with van der Waals surface area (Å²) in [6.45, 7) is 1.68. The van der Waals surface area contributed by atoms with Crippen LogP contribution in [0.3, 0.4) is 0 Å². The lowest BCUT2D eigenvalue weighted by atomic mass is 9.93. The number of pyridine rings is 2. The first kappa shape index (κ1) is 11.5. The molecule has 1 unspecified atom stereocenters. The van der Waals surface area contributed by atoms with Crippen molar-refractivity contribution in [3.05, 3.63) is 54.1 Å². The number of methoxy groups -OCH3 is 1. The summed E-state index contributed by atoms with van der Waals surface area (Å²) < 4.78 is 5.21. The van der Waals surface area contributed by atoms with Gasteiger partial charge in [-0.1, -0.05) is 6.07 Å². The third-order valence-corrected chi connectivity index (χ3v) is 2.68. The smallest absolute Gasteiger partial charge is 0.143 e. The van der Waals surface area contributed by atoms with E-state index in [0.29, 0.717) is 17.0 Å². The molecule has 0 bridgehead atoms. The van der Waals surface area contributed by atoms with Crippen LogP contribution in [0.2, 0.25) is 0 Å². The third kappa shape index (κ3) is 2.12. The van der Waals surface area contributed by atoms with E-state index in [1.807, 2.05) is 0 Å². The molecule has 4 heteroatoms. The maximum atomic E-state index is 10.6. The van der Waals surface area contributed by atoms with Gasteiger partial charge >= 0.3 is 0 Å². The Labute approximate surface area is 99.9 Å². The van der Waals surface area contributed by atoms with E-state index >= 15 is 0 Å². The van der Waals surface area contributed by atoms with Crippen LogP contribution in [0.5, 0.6) is 5.75 Å². The minimum atomic E-state index is -1.22. The molecular formula is C13H14N2O2. The second kappa shape index (κ2) is 4.51. The molecule has 2 rings (SSSR count). The number of nitrogens with zero attached hydrogens (tertiary/aromatic N) is 2. The fourth-order valence-electron chi connectivity index (χ4n) is 1.71. The van der Waals surface area contributed by atoms with Crippen molar-refractivity contribution in [1.29, 1.82) is 0 Å². The van der Waals surface area contributed by atoms with Crippen molar-refractivity contribution >= 4 is 0 Å². The van der Waals surface area contributed by atoms with Gasteiger partial charge in [0.25, 0.3) is 0 Å². The lowest BCUT2D eigenvalue weighted by Gasteiger charge is -2.24. The van der Waals surface area contributed by atoms with Crippen LogP contribution in [-0.4, -0.2) is 22.2 Å². The third-order valence-electron chi connectivity index (χ3n) is 2.68. The average Bonchev–Trinajstić information content (AvgIpc) is 2.39. The molecular weight excluding hydrogens is 216 g/mol. The summed E-state index contributed by atoms with van der Waals surface area (Å²) in [6.07, 6.45) is 4.91. The highest BCUT2D eigenvalue weighted by molar-refractivity contribution is 5.38. The van der Waals surface area contributed by atoms with Crippen molar-refractivity contribution in [3.8, 4) is 5.75 Å². The molecule has 88 valence electrons. The molecule has 0 saturated heterocycles. The van der Waals surface area contributed by atoms with Crippen molar-refractivity contribution in [2.24, 2.45) is 0 Å². The summed E-state index contributed by atoms with van der Waals surface area (Å²) in [5, 5.41) is 10.6. The molecule has 0 amide bonds. The number of rotatable bonds is 3. The summed E-state index contributed by atoms with van der Waals surface area (Å²) >= 11 is 0. The van der Waals surface area contributed by atoms with Gasteiger partial charge in [-0.05, 0) is 25.1 Å². The fraction of sp³-hybridized carbons (Fsp3) is 0.231. The van der Waals surface area contributed by atoms with Crippen LogP contribution in [0.15, 0.2) is 42.9 Å². The van der Waals surface area contributed by atoms with Crippen molar-refractivity contribution in [1.82, 2.24) is 9.97 Å². The predicted octanol–water partition coefficient (Wildman–Crippen LogP) is 1.74. The summed E-state index contributed by atoms with van der Waals surface area (Å²) in [5.41, 5.74) is -0.0616. The summed E-state index contributed by atoms with van der Waals surface area (Å²) in [4.78, 5) is 8.20. The Balaban J connectivity index is 2.51. The van der Waals surface area contributed by atoms with Gasteiger partial charge in [-0.25, -0.2) is 0 Å². The minimum Gasteiger partial charge on any atom is -0.495 e. The lowest BCUT2D eigenvalue weighted by Crippen LogP contribution is -2.25. The van der Waals surface area contributed by atoms with Crippen molar-refractivity contribution in [2.75, 3.05) is 7.11 Å². The second-order valence-corrected chi connectivity index (χ2v) is 3.87. The molecule has 1 N–H and O–H groups in total. The normalized spacial score (nSPS) is 14.1. The van der Waals surface area contributed by atoms with E-state index in [1.54, 1.807) is 56.9 Å². The molecule has 4 nitrogen and oxygen atoms in total. The zero-order valence-corrected chi connectivity index (χ0v) is 9.79. The number of hydrogen-bond donors (Lipinski definition) is 1. The number of ether oxygens (including phenoxy) is 1. The van der Waals surface area contributed by atoms with Crippen molar-refractivity contribution < 1.29 is 9.84 Å². The SMILES string of the molecule is COc1cccnc1C(C)(O)c1cccnc1. The van der Waals surface area contributed by atoms with E-state index in [-0.39, 0.29) is 0 Å². The van der Waals surface area contributed by atoms with Gasteiger partial charge in [0.15, 0.2) is 0 Å². The van der Waals surface area contributed by atoms with Crippen molar-refractivity contribution in [3.63, 3.8) is 0 Å². The van der Waals surface area contributed by atoms with Gasteiger partial charge in [-0.2, -0.15) is 0 Å². The summed E-state index contributed by atoms with van der Waals surface area (Å²) in [5.74, 6) is 0.557. The summed E-state index contributed by atoms with van der Waals surface area (Å²) in [6, 6.07) is 7.12. The van der Waals surface area contributed by atoms with Gasteiger partial charge < -0.3 is 9.84 Å². The molecule has 2 aromatic rings. The van der Waals surface area contributed by atoms with Crippen LogP contribution in [-0.2, 0) is 5.60 Å². The molecule has 0 aliphatic carbocycles. The fourth-order valence-corrected chi connectivity index (χ4v) is 1.71. The van der Waals surface area contributed by atoms with E-state index in [0.717, 1.165) is 0 Å². The monoisotopic (exact) mass is 230 g/mol. The summed E-state index contributed by atoms with van der Waals surface area (Å²) in [7, 11) is 1.56. The minimum absolute atomic E-state index is 0.482.